The molecule has 14 heavy (non-hydrogen) atoms. The summed E-state index contributed by atoms with van der Waals surface area (Å²) in [6, 6.07) is 0. The molecule has 0 heterocycles. The van der Waals surface area contributed by atoms with E-state index < -0.39 is 5.97 Å². The zero-order chi connectivity index (χ0) is 10.8. The van der Waals surface area contributed by atoms with Crippen LogP contribution in [0, 0.1) is 0 Å². The maximum absolute atomic E-state index is 10.6. The highest BCUT2D eigenvalue weighted by atomic mass is 16.5. The topological polar surface area (TPSA) is 55.8 Å². The minimum absolute atomic E-state index is 0.360. The van der Waals surface area contributed by atoms with Crippen molar-refractivity contribution in [2.45, 2.75) is 19.8 Å². The molecule has 0 radical (unpaired) electrons. The number of aliphatic carboxylic acids is 1. The average Bonchev–Trinajstić information content (AvgIpc) is 2.16. The zero-order valence-electron chi connectivity index (χ0n) is 8.78. The van der Waals surface area contributed by atoms with Crippen LogP contribution in [0.15, 0.2) is 11.6 Å². The lowest BCUT2D eigenvalue weighted by atomic mass is 10.2. The number of methoxy groups -OCH3 is 1. The van der Waals surface area contributed by atoms with E-state index in [4.69, 9.17) is 14.6 Å². The maximum Gasteiger partial charge on any atom is 0.331 e. The first-order chi connectivity index (χ1) is 6.72. The molecule has 0 aromatic heterocycles. The van der Waals surface area contributed by atoms with Gasteiger partial charge in [-0.15, -0.1) is 0 Å². The van der Waals surface area contributed by atoms with Crippen LogP contribution in [0.4, 0.5) is 0 Å². The van der Waals surface area contributed by atoms with E-state index >= 15 is 0 Å². The van der Waals surface area contributed by atoms with Gasteiger partial charge in [-0.25, -0.2) is 4.79 Å². The molecule has 0 saturated heterocycles. The number of hydrogen-bond donors (Lipinski definition) is 1. The summed E-state index contributed by atoms with van der Waals surface area (Å²) >= 11 is 0. The standard InChI is InChI=1S/C10H18O4/c1-3-9(10(11)12)5-8-14-7-4-6-13-2/h5H,3-4,6-8H2,1-2H3,(H,11,12). The van der Waals surface area contributed by atoms with Crippen molar-refractivity contribution in [3.8, 4) is 0 Å². The quantitative estimate of drug-likeness (QED) is 0.478. The van der Waals surface area contributed by atoms with Gasteiger partial charge in [0, 0.05) is 25.9 Å². The van der Waals surface area contributed by atoms with Gasteiger partial charge in [0.2, 0.25) is 0 Å². The second-order valence-electron chi connectivity index (χ2n) is 2.81. The SMILES string of the molecule is CCC(=CCOCCCOC)C(=O)O. The molecule has 0 aliphatic heterocycles. The van der Waals surface area contributed by atoms with Gasteiger partial charge < -0.3 is 14.6 Å². The molecular formula is C10H18O4. The van der Waals surface area contributed by atoms with Crippen molar-refractivity contribution in [2.24, 2.45) is 0 Å². The van der Waals surface area contributed by atoms with Crippen LogP contribution < -0.4 is 0 Å². The van der Waals surface area contributed by atoms with Gasteiger partial charge in [0.15, 0.2) is 0 Å². The van der Waals surface area contributed by atoms with Crippen molar-refractivity contribution >= 4 is 5.97 Å². The first-order valence-corrected chi connectivity index (χ1v) is 4.71. The maximum atomic E-state index is 10.6. The van der Waals surface area contributed by atoms with Crippen LogP contribution >= 0.6 is 0 Å². The van der Waals surface area contributed by atoms with Gasteiger partial charge >= 0.3 is 5.97 Å². The van der Waals surface area contributed by atoms with Crippen molar-refractivity contribution in [1.82, 2.24) is 0 Å². The Labute approximate surface area is 84.5 Å². The number of rotatable bonds is 8. The van der Waals surface area contributed by atoms with Crippen LogP contribution in [-0.4, -0.2) is 38.0 Å². The van der Waals surface area contributed by atoms with Gasteiger partial charge in [0.1, 0.15) is 0 Å². The van der Waals surface area contributed by atoms with Gasteiger partial charge in [0.25, 0.3) is 0 Å². The summed E-state index contributed by atoms with van der Waals surface area (Å²) in [6.45, 7) is 3.44. The molecule has 0 atom stereocenters. The summed E-state index contributed by atoms with van der Waals surface area (Å²) < 4.78 is 10.0. The zero-order valence-corrected chi connectivity index (χ0v) is 8.78. The van der Waals surface area contributed by atoms with Crippen molar-refractivity contribution < 1.29 is 19.4 Å². The first-order valence-electron chi connectivity index (χ1n) is 4.71. The minimum atomic E-state index is -0.868. The highest BCUT2D eigenvalue weighted by molar-refractivity contribution is 5.86. The van der Waals surface area contributed by atoms with Gasteiger partial charge in [-0.05, 0) is 18.9 Å². The Bertz CT molecular complexity index is 187. The molecule has 1 N–H and O–H groups in total. The predicted octanol–water partition coefficient (Wildman–Crippen LogP) is 1.46. The predicted molar refractivity (Wildman–Crippen MR) is 53.3 cm³/mol. The average molecular weight is 202 g/mol. The van der Waals surface area contributed by atoms with Gasteiger partial charge in [-0.1, -0.05) is 6.92 Å². The Morgan fingerprint density at radius 3 is 2.64 bits per heavy atom. The van der Waals surface area contributed by atoms with Gasteiger partial charge in [-0.2, -0.15) is 0 Å². The summed E-state index contributed by atoms with van der Waals surface area (Å²) in [6.07, 6.45) is 2.96. The molecule has 0 saturated carbocycles. The molecule has 0 bridgehead atoms. The van der Waals surface area contributed by atoms with E-state index in [1.807, 2.05) is 6.92 Å². The summed E-state index contributed by atoms with van der Waals surface area (Å²) in [5.74, 6) is -0.868. The number of ether oxygens (including phenoxy) is 2. The molecule has 0 fully saturated rings. The first kappa shape index (κ1) is 13.1. The van der Waals surface area contributed by atoms with Crippen LogP contribution in [0.25, 0.3) is 0 Å². The summed E-state index contributed by atoms with van der Waals surface area (Å²) in [4.78, 5) is 10.6. The fourth-order valence-electron chi connectivity index (χ4n) is 0.931. The third-order valence-electron chi connectivity index (χ3n) is 1.74. The molecule has 0 aliphatic rings. The normalized spacial score (nSPS) is 11.7. The van der Waals surface area contributed by atoms with Crippen molar-refractivity contribution in [1.29, 1.82) is 0 Å². The number of carboxylic acid groups (broad SMARTS) is 1. The summed E-state index contributed by atoms with van der Waals surface area (Å²) in [5, 5.41) is 8.67. The third kappa shape index (κ3) is 6.62. The fourth-order valence-corrected chi connectivity index (χ4v) is 0.931. The largest absolute Gasteiger partial charge is 0.478 e. The Balaban J connectivity index is 3.53. The Hall–Kier alpha value is -0.870. The van der Waals surface area contributed by atoms with E-state index in [1.54, 1.807) is 13.2 Å². The lowest BCUT2D eigenvalue weighted by Gasteiger charge is -2.01. The molecule has 4 nitrogen and oxygen atoms in total. The highest BCUT2D eigenvalue weighted by Gasteiger charge is 2.02. The lowest BCUT2D eigenvalue weighted by Crippen LogP contribution is -2.03. The number of carbonyl (C=O) groups is 1. The summed E-state index contributed by atoms with van der Waals surface area (Å²) in [5.41, 5.74) is 0.400. The molecule has 0 aliphatic carbocycles. The van der Waals surface area contributed by atoms with Gasteiger partial charge in [0.05, 0.1) is 6.61 Å². The van der Waals surface area contributed by atoms with E-state index in [2.05, 4.69) is 0 Å². The van der Waals surface area contributed by atoms with E-state index in [-0.39, 0.29) is 0 Å². The molecule has 0 amide bonds. The van der Waals surface area contributed by atoms with Crippen LogP contribution in [0.2, 0.25) is 0 Å². The minimum Gasteiger partial charge on any atom is -0.478 e. The van der Waals surface area contributed by atoms with Crippen LogP contribution in [-0.2, 0) is 14.3 Å². The van der Waals surface area contributed by atoms with E-state index in [1.165, 1.54) is 0 Å². The van der Waals surface area contributed by atoms with Crippen LogP contribution in [0.1, 0.15) is 19.8 Å². The molecule has 4 heteroatoms. The monoisotopic (exact) mass is 202 g/mol. The second kappa shape index (κ2) is 8.72. The fraction of sp³-hybridized carbons (Fsp3) is 0.700. The van der Waals surface area contributed by atoms with E-state index in [0.717, 1.165) is 6.42 Å². The molecule has 0 aromatic carbocycles. The van der Waals surface area contributed by atoms with Crippen molar-refractivity contribution in [2.75, 3.05) is 26.9 Å². The van der Waals surface area contributed by atoms with Crippen LogP contribution in [0.3, 0.4) is 0 Å². The van der Waals surface area contributed by atoms with Crippen LogP contribution in [0.5, 0.6) is 0 Å². The Kier molecular flexibility index (Phi) is 8.17. The third-order valence-corrected chi connectivity index (χ3v) is 1.74. The highest BCUT2D eigenvalue weighted by Crippen LogP contribution is 2.00. The molecule has 0 unspecified atom stereocenters. The van der Waals surface area contributed by atoms with Crippen molar-refractivity contribution in [3.05, 3.63) is 11.6 Å². The number of hydrogen-bond acceptors (Lipinski definition) is 3. The smallest absolute Gasteiger partial charge is 0.331 e. The molecule has 0 aromatic rings. The van der Waals surface area contributed by atoms with E-state index in [9.17, 15) is 4.79 Å². The summed E-state index contributed by atoms with van der Waals surface area (Å²) in [7, 11) is 1.64. The Morgan fingerprint density at radius 2 is 2.14 bits per heavy atom. The lowest BCUT2D eigenvalue weighted by molar-refractivity contribution is -0.132. The van der Waals surface area contributed by atoms with E-state index in [0.29, 0.717) is 31.8 Å². The Morgan fingerprint density at radius 1 is 1.43 bits per heavy atom. The second-order valence-corrected chi connectivity index (χ2v) is 2.81. The number of carboxylic acids is 1. The molecular weight excluding hydrogens is 184 g/mol. The molecule has 0 spiro atoms. The molecule has 82 valence electrons. The van der Waals surface area contributed by atoms with Crippen molar-refractivity contribution in [3.63, 3.8) is 0 Å². The van der Waals surface area contributed by atoms with Gasteiger partial charge in [-0.3, -0.25) is 0 Å². The molecule has 0 rings (SSSR count).